The summed E-state index contributed by atoms with van der Waals surface area (Å²) in [6.07, 6.45) is 0. The molecule has 12 rings (SSSR count). The highest BCUT2D eigenvalue weighted by molar-refractivity contribution is 6.24. The van der Waals surface area contributed by atoms with E-state index >= 15 is 0 Å². The Labute approximate surface area is 324 Å². The molecule has 0 N–H and O–H groups in total. The van der Waals surface area contributed by atoms with Crippen LogP contribution in [0.2, 0.25) is 0 Å². The molecule has 0 fully saturated rings. The Morgan fingerprint density at radius 3 is 1.77 bits per heavy atom. The van der Waals surface area contributed by atoms with E-state index in [0.29, 0.717) is 34.5 Å². The van der Waals surface area contributed by atoms with Gasteiger partial charge in [0, 0.05) is 43.8 Å². The topological polar surface area (TPSA) is 91.0 Å². The van der Waals surface area contributed by atoms with E-state index in [4.69, 9.17) is 33.2 Å². The Hall–Kier alpha value is -7.90. The van der Waals surface area contributed by atoms with Gasteiger partial charge in [-0.2, -0.15) is 0 Å². The quantitative estimate of drug-likeness (QED) is 0.174. The Morgan fingerprint density at radius 2 is 0.947 bits per heavy atom. The highest BCUT2D eigenvalue weighted by atomic mass is 16.4. The van der Waals surface area contributed by atoms with Crippen molar-refractivity contribution in [3.05, 3.63) is 170 Å². The van der Waals surface area contributed by atoms with Gasteiger partial charge in [-0.3, -0.25) is 0 Å². The maximum atomic E-state index is 6.64. The van der Waals surface area contributed by atoms with E-state index in [1.165, 1.54) is 0 Å². The maximum Gasteiger partial charge on any atom is 0.227 e. The molecule has 57 heavy (non-hydrogen) atoms. The monoisotopic (exact) mass is 732 g/mol. The summed E-state index contributed by atoms with van der Waals surface area (Å²) in [5.41, 5.74) is 10.2. The molecule has 0 atom stereocenters. The van der Waals surface area contributed by atoms with Crippen LogP contribution in [0.4, 0.5) is 0 Å². The fourth-order valence-electron chi connectivity index (χ4n) is 8.05. The largest absolute Gasteiger partial charge is 0.456 e. The maximum absolute atomic E-state index is 6.64. The van der Waals surface area contributed by atoms with Crippen molar-refractivity contribution in [3.8, 4) is 56.7 Å². The van der Waals surface area contributed by atoms with E-state index in [0.717, 1.165) is 88.0 Å². The molecule has 0 radical (unpaired) electrons. The number of aromatic nitrogens is 4. The molecule has 0 aliphatic rings. The van der Waals surface area contributed by atoms with Crippen LogP contribution < -0.4 is 0 Å². The van der Waals surface area contributed by atoms with Gasteiger partial charge in [-0.25, -0.2) is 19.9 Å². The number of oxazole rings is 1. The molecule has 4 heterocycles. The predicted molar refractivity (Wildman–Crippen MR) is 227 cm³/mol. The first-order valence-electron chi connectivity index (χ1n) is 18.8. The molecule has 0 amide bonds. The van der Waals surface area contributed by atoms with Crippen molar-refractivity contribution in [2.24, 2.45) is 0 Å². The molecular formula is C50H28N4O3. The lowest BCUT2D eigenvalue weighted by Crippen LogP contribution is -2.01. The van der Waals surface area contributed by atoms with Crippen LogP contribution in [0, 0.1) is 0 Å². The van der Waals surface area contributed by atoms with Gasteiger partial charge < -0.3 is 13.3 Å². The standard InChI is InChI=1S/C50H28N4O3/c1-3-12-29(13-4-1)31-16-11-17-32(26-31)47-52-48(33-22-24-42-37(27-33)35-19-9-10-21-41(35)55-42)54-49(53-47)38-28-39-44-43(56-45(39)36-20-8-7-18-34(36)38)25-23-40-46(44)57-50(51-40)30-14-5-2-6-15-30/h1-28H. The van der Waals surface area contributed by atoms with E-state index in [-0.39, 0.29) is 0 Å². The second-order valence-electron chi connectivity index (χ2n) is 14.2. The Morgan fingerprint density at radius 1 is 0.316 bits per heavy atom. The zero-order valence-corrected chi connectivity index (χ0v) is 30.2. The summed E-state index contributed by atoms with van der Waals surface area (Å²) in [6.45, 7) is 0. The molecule has 7 nitrogen and oxygen atoms in total. The number of furan rings is 2. The smallest absolute Gasteiger partial charge is 0.227 e. The number of para-hydroxylation sites is 1. The average Bonchev–Trinajstić information content (AvgIpc) is 4.00. The Kier molecular flexibility index (Phi) is 6.79. The summed E-state index contributed by atoms with van der Waals surface area (Å²) in [4.78, 5) is 20.6. The van der Waals surface area contributed by atoms with Crippen LogP contribution in [0.3, 0.4) is 0 Å². The molecule has 8 aromatic carbocycles. The van der Waals surface area contributed by atoms with Crippen molar-refractivity contribution in [1.29, 1.82) is 0 Å². The van der Waals surface area contributed by atoms with Crippen molar-refractivity contribution in [3.63, 3.8) is 0 Å². The molecule has 266 valence electrons. The lowest BCUT2D eigenvalue weighted by atomic mass is 9.99. The molecule has 0 spiro atoms. The molecule has 12 aromatic rings. The Balaban J connectivity index is 1.12. The van der Waals surface area contributed by atoms with Crippen molar-refractivity contribution in [1.82, 2.24) is 19.9 Å². The minimum atomic E-state index is 0.541. The third kappa shape index (κ3) is 5.06. The van der Waals surface area contributed by atoms with Gasteiger partial charge in [0.1, 0.15) is 27.8 Å². The molecule has 0 saturated carbocycles. The van der Waals surface area contributed by atoms with Crippen molar-refractivity contribution < 1.29 is 13.3 Å². The van der Waals surface area contributed by atoms with E-state index in [1.54, 1.807) is 0 Å². The van der Waals surface area contributed by atoms with Crippen LogP contribution in [-0.2, 0) is 0 Å². The fourth-order valence-corrected chi connectivity index (χ4v) is 8.05. The highest BCUT2D eigenvalue weighted by Crippen LogP contribution is 2.43. The lowest BCUT2D eigenvalue weighted by molar-refractivity contribution is 0.622. The molecule has 4 aromatic heterocycles. The summed E-state index contributed by atoms with van der Waals surface area (Å²) in [5.74, 6) is 2.22. The predicted octanol–water partition coefficient (Wildman–Crippen LogP) is 13.3. The van der Waals surface area contributed by atoms with Gasteiger partial charge in [0.05, 0.1) is 5.39 Å². The minimum Gasteiger partial charge on any atom is -0.456 e. The number of nitrogens with zero attached hydrogens (tertiary/aromatic N) is 4. The summed E-state index contributed by atoms with van der Waals surface area (Å²) < 4.78 is 19.4. The van der Waals surface area contributed by atoms with Gasteiger partial charge in [0.15, 0.2) is 23.1 Å². The molecule has 0 aliphatic heterocycles. The van der Waals surface area contributed by atoms with Crippen LogP contribution in [0.1, 0.15) is 0 Å². The van der Waals surface area contributed by atoms with Gasteiger partial charge in [0.2, 0.25) is 5.89 Å². The first-order valence-corrected chi connectivity index (χ1v) is 18.8. The first-order chi connectivity index (χ1) is 28.2. The summed E-state index contributed by atoms with van der Waals surface area (Å²) in [7, 11) is 0. The second-order valence-corrected chi connectivity index (χ2v) is 14.2. The van der Waals surface area contributed by atoms with Crippen molar-refractivity contribution >= 4 is 65.7 Å². The molecule has 0 bridgehead atoms. The third-order valence-electron chi connectivity index (χ3n) is 10.8. The first kappa shape index (κ1) is 31.5. The molecule has 0 aliphatic carbocycles. The second kappa shape index (κ2) is 12.3. The van der Waals surface area contributed by atoms with Crippen LogP contribution >= 0.6 is 0 Å². The van der Waals surface area contributed by atoms with Crippen LogP contribution in [0.25, 0.3) is 122 Å². The van der Waals surface area contributed by atoms with E-state index in [9.17, 15) is 0 Å². The number of hydrogen-bond donors (Lipinski definition) is 0. The van der Waals surface area contributed by atoms with Gasteiger partial charge in [-0.15, -0.1) is 0 Å². The van der Waals surface area contributed by atoms with Crippen molar-refractivity contribution in [2.75, 3.05) is 0 Å². The summed E-state index contributed by atoms with van der Waals surface area (Å²) in [5, 5.41) is 5.68. The fraction of sp³-hybridized carbons (Fsp3) is 0. The SMILES string of the molecule is c1ccc(-c2cccc(-c3nc(-c4ccc5oc6ccccc6c5c4)nc(-c4cc5c(oc6ccc7nc(-c8ccccc8)oc7c65)c5ccccc45)n3)c2)cc1. The molecule has 0 saturated heterocycles. The minimum absolute atomic E-state index is 0.541. The number of benzene rings is 8. The van der Waals surface area contributed by atoms with E-state index in [2.05, 4.69) is 66.7 Å². The number of rotatable bonds is 5. The average molecular weight is 733 g/mol. The van der Waals surface area contributed by atoms with Gasteiger partial charge in [-0.05, 0) is 77.2 Å². The van der Waals surface area contributed by atoms with E-state index in [1.807, 2.05) is 103 Å². The molecule has 0 unspecified atom stereocenters. The highest BCUT2D eigenvalue weighted by Gasteiger charge is 2.22. The zero-order valence-electron chi connectivity index (χ0n) is 30.2. The summed E-state index contributed by atoms with van der Waals surface area (Å²) in [6, 6.07) is 57.1. The Bertz CT molecular complexity index is 3530. The normalized spacial score (nSPS) is 11.9. The zero-order chi connectivity index (χ0) is 37.5. The van der Waals surface area contributed by atoms with Crippen molar-refractivity contribution in [2.45, 2.75) is 0 Å². The molecular weight excluding hydrogens is 705 g/mol. The summed E-state index contributed by atoms with van der Waals surface area (Å²) >= 11 is 0. The third-order valence-corrected chi connectivity index (χ3v) is 10.8. The van der Waals surface area contributed by atoms with Crippen LogP contribution in [-0.4, -0.2) is 19.9 Å². The lowest BCUT2D eigenvalue weighted by Gasteiger charge is -2.12. The van der Waals surface area contributed by atoms with Gasteiger partial charge >= 0.3 is 0 Å². The number of hydrogen-bond acceptors (Lipinski definition) is 7. The molecule has 7 heteroatoms. The number of fused-ring (bicyclic) bond motifs is 10. The van der Waals surface area contributed by atoms with Crippen LogP contribution in [0.15, 0.2) is 183 Å². The van der Waals surface area contributed by atoms with Gasteiger partial charge in [-0.1, -0.05) is 109 Å². The van der Waals surface area contributed by atoms with Crippen LogP contribution in [0.5, 0.6) is 0 Å². The van der Waals surface area contributed by atoms with Gasteiger partial charge in [0.25, 0.3) is 0 Å². The van der Waals surface area contributed by atoms with E-state index < -0.39 is 0 Å².